The molecule has 1 amide bonds. The predicted octanol–water partition coefficient (Wildman–Crippen LogP) is 0.322. The summed E-state index contributed by atoms with van der Waals surface area (Å²) in [6, 6.07) is 8.10. The van der Waals surface area contributed by atoms with Crippen LogP contribution in [0.1, 0.15) is 12.8 Å². The molecule has 0 spiro atoms. The van der Waals surface area contributed by atoms with Crippen molar-refractivity contribution in [1.82, 2.24) is 5.43 Å². The van der Waals surface area contributed by atoms with Crippen LogP contribution >= 0.6 is 0 Å². The fourth-order valence-electron chi connectivity index (χ4n) is 1.14. The highest BCUT2D eigenvalue weighted by Crippen LogP contribution is 2.03. The number of rotatable bonds is 6. The zero-order valence-corrected chi connectivity index (χ0v) is 9.22. The van der Waals surface area contributed by atoms with E-state index in [1.165, 1.54) is 0 Å². The Bertz CT molecular complexity index is 381. The minimum atomic E-state index is -1.10. The van der Waals surface area contributed by atoms with Gasteiger partial charge in [-0.05, 0) is 18.6 Å². The lowest BCUT2D eigenvalue weighted by molar-refractivity contribution is -0.138. The number of carboxylic acid groups (broad SMARTS) is 1. The van der Waals surface area contributed by atoms with Crippen LogP contribution in [0.4, 0.5) is 5.69 Å². The molecule has 0 radical (unpaired) electrons. The van der Waals surface area contributed by atoms with Gasteiger partial charge in [-0.1, -0.05) is 18.2 Å². The van der Waals surface area contributed by atoms with Gasteiger partial charge in [0, 0.05) is 6.42 Å². The van der Waals surface area contributed by atoms with E-state index < -0.39 is 12.0 Å². The van der Waals surface area contributed by atoms with Crippen molar-refractivity contribution in [2.75, 3.05) is 5.43 Å². The average molecular weight is 237 g/mol. The predicted molar refractivity (Wildman–Crippen MR) is 63.1 cm³/mol. The number of hydrazine groups is 1. The third-order valence-electron chi connectivity index (χ3n) is 2.12. The van der Waals surface area contributed by atoms with E-state index in [0.717, 1.165) is 5.69 Å². The van der Waals surface area contributed by atoms with Gasteiger partial charge < -0.3 is 10.8 Å². The molecule has 92 valence electrons. The molecule has 0 aromatic heterocycles. The maximum atomic E-state index is 11.3. The lowest BCUT2D eigenvalue weighted by Crippen LogP contribution is -2.34. The van der Waals surface area contributed by atoms with Crippen molar-refractivity contribution < 1.29 is 14.7 Å². The molecule has 0 aliphatic heterocycles. The SMILES string of the molecule is N[C@@H](CCC(=O)NNc1ccccc1)C(=O)O. The van der Waals surface area contributed by atoms with E-state index in [1.807, 2.05) is 18.2 Å². The molecule has 17 heavy (non-hydrogen) atoms. The molecule has 0 bridgehead atoms. The number of nitrogens with one attached hydrogen (secondary N) is 2. The lowest BCUT2D eigenvalue weighted by atomic mass is 10.2. The molecule has 0 saturated heterocycles. The zero-order valence-electron chi connectivity index (χ0n) is 9.22. The van der Waals surface area contributed by atoms with E-state index in [-0.39, 0.29) is 18.7 Å². The van der Waals surface area contributed by atoms with Crippen LogP contribution in [0.15, 0.2) is 30.3 Å². The second-order valence-corrected chi connectivity index (χ2v) is 3.52. The number of carboxylic acids is 1. The fraction of sp³-hybridized carbons (Fsp3) is 0.273. The molecule has 1 atom stereocenters. The van der Waals surface area contributed by atoms with Crippen LogP contribution < -0.4 is 16.6 Å². The normalized spacial score (nSPS) is 11.6. The van der Waals surface area contributed by atoms with Gasteiger partial charge in [0.05, 0.1) is 5.69 Å². The molecular formula is C11H15N3O3. The van der Waals surface area contributed by atoms with E-state index >= 15 is 0 Å². The Morgan fingerprint density at radius 3 is 2.53 bits per heavy atom. The summed E-state index contributed by atoms with van der Waals surface area (Å²) in [5.74, 6) is -1.40. The number of nitrogens with two attached hydrogens (primary N) is 1. The minimum absolute atomic E-state index is 0.0628. The van der Waals surface area contributed by atoms with E-state index in [0.29, 0.717) is 0 Å². The van der Waals surface area contributed by atoms with Gasteiger partial charge in [-0.2, -0.15) is 0 Å². The van der Waals surface area contributed by atoms with Crippen LogP contribution in [0, 0.1) is 0 Å². The number of anilines is 1. The van der Waals surface area contributed by atoms with Crippen molar-refractivity contribution in [2.45, 2.75) is 18.9 Å². The van der Waals surface area contributed by atoms with E-state index in [4.69, 9.17) is 10.8 Å². The van der Waals surface area contributed by atoms with Crippen molar-refractivity contribution >= 4 is 17.6 Å². The van der Waals surface area contributed by atoms with Crippen molar-refractivity contribution in [2.24, 2.45) is 5.73 Å². The molecule has 1 aromatic carbocycles. The van der Waals surface area contributed by atoms with Crippen LogP contribution in [0.2, 0.25) is 0 Å². The Balaban J connectivity index is 2.24. The summed E-state index contributed by atoms with van der Waals surface area (Å²) in [7, 11) is 0. The number of amides is 1. The summed E-state index contributed by atoms with van der Waals surface area (Å²) >= 11 is 0. The zero-order chi connectivity index (χ0) is 12.7. The van der Waals surface area contributed by atoms with Gasteiger partial charge in [-0.3, -0.25) is 20.4 Å². The highest BCUT2D eigenvalue weighted by molar-refractivity contribution is 5.79. The highest BCUT2D eigenvalue weighted by atomic mass is 16.4. The molecular weight excluding hydrogens is 222 g/mol. The van der Waals surface area contributed by atoms with Crippen molar-refractivity contribution in [3.63, 3.8) is 0 Å². The quantitative estimate of drug-likeness (QED) is 0.533. The second-order valence-electron chi connectivity index (χ2n) is 3.52. The van der Waals surface area contributed by atoms with Crippen LogP contribution in [-0.4, -0.2) is 23.0 Å². The van der Waals surface area contributed by atoms with E-state index in [1.54, 1.807) is 12.1 Å². The number of carbonyl (C=O) groups is 2. The van der Waals surface area contributed by atoms with Gasteiger partial charge in [-0.25, -0.2) is 0 Å². The first-order chi connectivity index (χ1) is 8.09. The molecule has 1 rings (SSSR count). The standard InChI is InChI=1S/C11H15N3O3/c12-9(11(16)17)6-7-10(15)14-13-8-4-2-1-3-5-8/h1-5,9,13H,6-7,12H2,(H,14,15)(H,16,17)/t9-/m0/s1. The maximum Gasteiger partial charge on any atom is 0.320 e. The third kappa shape index (κ3) is 4.98. The Kier molecular flexibility index (Phi) is 4.96. The number of carbonyl (C=O) groups excluding carboxylic acids is 1. The maximum absolute atomic E-state index is 11.3. The Morgan fingerprint density at radius 1 is 1.29 bits per heavy atom. The van der Waals surface area contributed by atoms with Gasteiger partial charge in [0.25, 0.3) is 0 Å². The molecule has 0 fully saturated rings. The van der Waals surface area contributed by atoms with E-state index in [2.05, 4.69) is 10.9 Å². The van der Waals surface area contributed by atoms with Crippen LogP contribution in [0.3, 0.4) is 0 Å². The molecule has 1 aromatic rings. The molecule has 5 N–H and O–H groups in total. The molecule has 0 saturated carbocycles. The number of hydrogen-bond acceptors (Lipinski definition) is 4. The monoisotopic (exact) mass is 237 g/mol. The van der Waals surface area contributed by atoms with Gasteiger partial charge in [-0.15, -0.1) is 0 Å². The Hall–Kier alpha value is -2.08. The number of aliphatic carboxylic acids is 1. The van der Waals surface area contributed by atoms with E-state index in [9.17, 15) is 9.59 Å². The second kappa shape index (κ2) is 6.49. The minimum Gasteiger partial charge on any atom is -0.480 e. The third-order valence-corrected chi connectivity index (χ3v) is 2.12. The first-order valence-corrected chi connectivity index (χ1v) is 5.18. The van der Waals surface area contributed by atoms with Gasteiger partial charge >= 0.3 is 5.97 Å². The Morgan fingerprint density at radius 2 is 1.94 bits per heavy atom. The van der Waals surface area contributed by atoms with Gasteiger partial charge in [0.2, 0.25) is 5.91 Å². The summed E-state index contributed by atoms with van der Waals surface area (Å²) in [4.78, 5) is 21.7. The number of hydrogen-bond donors (Lipinski definition) is 4. The number of benzene rings is 1. The summed E-state index contributed by atoms with van der Waals surface area (Å²) in [6.45, 7) is 0. The van der Waals surface area contributed by atoms with Crippen molar-refractivity contribution in [3.8, 4) is 0 Å². The molecule has 0 heterocycles. The molecule has 0 unspecified atom stereocenters. The summed E-state index contributed by atoms with van der Waals surface area (Å²) < 4.78 is 0. The van der Waals surface area contributed by atoms with Crippen molar-refractivity contribution in [3.05, 3.63) is 30.3 Å². The fourth-order valence-corrected chi connectivity index (χ4v) is 1.14. The average Bonchev–Trinajstić information content (AvgIpc) is 2.34. The summed E-state index contributed by atoms with van der Waals surface area (Å²) in [5.41, 5.74) is 11.2. The molecule has 0 aliphatic carbocycles. The molecule has 6 nitrogen and oxygen atoms in total. The van der Waals surface area contributed by atoms with Crippen molar-refractivity contribution in [1.29, 1.82) is 0 Å². The smallest absolute Gasteiger partial charge is 0.320 e. The van der Waals surface area contributed by atoms with Gasteiger partial charge in [0.15, 0.2) is 0 Å². The van der Waals surface area contributed by atoms with Gasteiger partial charge in [0.1, 0.15) is 6.04 Å². The topological polar surface area (TPSA) is 104 Å². The summed E-state index contributed by atoms with van der Waals surface area (Å²) in [5, 5.41) is 8.53. The molecule has 6 heteroatoms. The Labute approximate surface area is 98.8 Å². The van der Waals surface area contributed by atoms with Crippen LogP contribution in [0.5, 0.6) is 0 Å². The molecule has 0 aliphatic rings. The number of para-hydroxylation sites is 1. The first kappa shape index (κ1) is 13.0. The first-order valence-electron chi connectivity index (χ1n) is 5.18. The van der Waals surface area contributed by atoms with Crippen LogP contribution in [-0.2, 0) is 9.59 Å². The largest absolute Gasteiger partial charge is 0.480 e. The summed E-state index contributed by atoms with van der Waals surface area (Å²) in [6.07, 6.45) is 0.172. The highest BCUT2D eigenvalue weighted by Gasteiger charge is 2.13. The lowest BCUT2D eigenvalue weighted by Gasteiger charge is -2.09. The van der Waals surface area contributed by atoms with Crippen LogP contribution in [0.25, 0.3) is 0 Å².